The summed E-state index contributed by atoms with van der Waals surface area (Å²) in [7, 11) is 0. The minimum atomic E-state index is -0.318. The van der Waals surface area contributed by atoms with Crippen LogP contribution in [0.4, 0.5) is 0 Å². The second-order valence-corrected chi connectivity index (χ2v) is 5.16. The summed E-state index contributed by atoms with van der Waals surface area (Å²) >= 11 is 6.21. The lowest BCUT2D eigenvalue weighted by Gasteiger charge is -2.22. The minimum absolute atomic E-state index is 0.318. The van der Waals surface area contributed by atoms with Crippen LogP contribution in [0, 0.1) is 0 Å². The Morgan fingerprint density at radius 1 is 1.25 bits per heavy atom. The molecule has 16 heavy (non-hydrogen) atoms. The Labute approximate surface area is 100 Å². The quantitative estimate of drug-likeness (QED) is 0.706. The summed E-state index contributed by atoms with van der Waals surface area (Å²) in [5.74, 6) is 0.774. The first-order chi connectivity index (χ1) is 7.69. The molecule has 2 heterocycles. The lowest BCUT2D eigenvalue weighted by Crippen LogP contribution is -2.24. The lowest BCUT2D eigenvalue weighted by atomic mass is 10.0. The van der Waals surface area contributed by atoms with Crippen LogP contribution in [-0.2, 0) is 23.2 Å². The number of hydrogen-bond donors (Lipinski definition) is 0. The van der Waals surface area contributed by atoms with Crippen molar-refractivity contribution >= 4 is 11.6 Å². The van der Waals surface area contributed by atoms with Gasteiger partial charge < -0.3 is 4.74 Å². The molecular weight excluding hydrogens is 224 g/mol. The van der Waals surface area contributed by atoms with Gasteiger partial charge in [0.1, 0.15) is 10.8 Å². The highest BCUT2D eigenvalue weighted by Crippen LogP contribution is 2.36. The van der Waals surface area contributed by atoms with E-state index in [-0.39, 0.29) is 5.60 Å². The molecule has 0 radical (unpaired) electrons. The van der Waals surface area contributed by atoms with Crippen molar-refractivity contribution in [3.05, 3.63) is 22.2 Å². The summed E-state index contributed by atoms with van der Waals surface area (Å²) in [5.41, 5.74) is 1.96. The van der Waals surface area contributed by atoms with Crippen LogP contribution in [0.3, 0.4) is 0 Å². The molecule has 0 spiro atoms. The summed E-state index contributed by atoms with van der Waals surface area (Å²) in [6, 6.07) is 0. The van der Waals surface area contributed by atoms with Crippen LogP contribution in [0.5, 0.6) is 0 Å². The van der Waals surface area contributed by atoms with E-state index in [1.54, 1.807) is 0 Å². The zero-order valence-electron chi connectivity index (χ0n) is 9.42. The monoisotopic (exact) mass is 238 g/mol. The molecule has 0 amide bonds. The number of hydrogen-bond acceptors (Lipinski definition) is 3. The maximum Gasteiger partial charge on any atom is 0.161 e. The van der Waals surface area contributed by atoms with E-state index >= 15 is 0 Å². The number of rotatable bonds is 1. The normalized spacial score (nSPS) is 28.4. The summed E-state index contributed by atoms with van der Waals surface area (Å²) < 4.78 is 5.76. The number of aromatic nitrogens is 2. The third-order valence-electron chi connectivity index (χ3n) is 3.57. The molecule has 4 heteroatoms. The molecule has 3 nitrogen and oxygen atoms in total. The first-order valence-corrected chi connectivity index (χ1v) is 6.26. The molecule has 1 fully saturated rings. The van der Waals surface area contributed by atoms with Gasteiger partial charge in [-0.2, -0.15) is 0 Å². The maximum absolute atomic E-state index is 6.21. The second-order valence-electron chi connectivity index (χ2n) is 4.80. The van der Waals surface area contributed by atoms with Crippen LogP contribution in [-0.4, -0.2) is 16.6 Å². The van der Waals surface area contributed by atoms with Crippen LogP contribution in [0.15, 0.2) is 0 Å². The standard InChI is InChI=1S/C12H15ClN2O/c1-12(6-3-7-16-12)11-14-9-5-2-4-8(9)10(13)15-11/h2-7H2,1H3. The van der Waals surface area contributed by atoms with Gasteiger partial charge in [-0.25, -0.2) is 9.97 Å². The molecule has 1 aliphatic heterocycles. The average molecular weight is 239 g/mol. The maximum atomic E-state index is 6.21. The first kappa shape index (κ1) is 10.5. The average Bonchev–Trinajstić information content (AvgIpc) is 2.86. The van der Waals surface area contributed by atoms with Gasteiger partial charge >= 0.3 is 0 Å². The molecule has 1 unspecified atom stereocenters. The number of aryl methyl sites for hydroxylation is 1. The molecule has 3 rings (SSSR count). The first-order valence-electron chi connectivity index (χ1n) is 5.89. The highest BCUT2D eigenvalue weighted by atomic mass is 35.5. The molecule has 1 aromatic rings. The fourth-order valence-corrected chi connectivity index (χ4v) is 2.86. The van der Waals surface area contributed by atoms with E-state index in [4.69, 9.17) is 16.3 Å². The third kappa shape index (κ3) is 1.54. The van der Waals surface area contributed by atoms with Gasteiger partial charge in [0.05, 0.1) is 0 Å². The highest BCUT2D eigenvalue weighted by Gasteiger charge is 2.36. The summed E-state index contributed by atoms with van der Waals surface area (Å²) in [6.45, 7) is 2.86. The fourth-order valence-electron chi connectivity index (χ4n) is 2.58. The van der Waals surface area contributed by atoms with Crippen molar-refractivity contribution in [3.63, 3.8) is 0 Å². The zero-order chi connectivity index (χ0) is 11.2. The molecular formula is C12H15ClN2O. The van der Waals surface area contributed by atoms with Crippen LogP contribution in [0.1, 0.15) is 43.3 Å². The molecule has 1 saturated heterocycles. The van der Waals surface area contributed by atoms with E-state index in [1.165, 1.54) is 0 Å². The SMILES string of the molecule is CC1(c2nc(Cl)c3c(n2)CCC3)CCCO1. The van der Waals surface area contributed by atoms with Gasteiger partial charge in [0, 0.05) is 17.9 Å². The Bertz CT molecular complexity index is 427. The van der Waals surface area contributed by atoms with Crippen LogP contribution < -0.4 is 0 Å². The molecule has 1 atom stereocenters. The Kier molecular flexibility index (Phi) is 2.41. The van der Waals surface area contributed by atoms with E-state index in [1.807, 2.05) is 0 Å². The Morgan fingerprint density at radius 2 is 2.12 bits per heavy atom. The summed E-state index contributed by atoms with van der Waals surface area (Å²) in [4.78, 5) is 9.08. The predicted molar refractivity (Wildman–Crippen MR) is 61.6 cm³/mol. The number of fused-ring (bicyclic) bond motifs is 1. The van der Waals surface area contributed by atoms with Crippen LogP contribution in [0.25, 0.3) is 0 Å². The van der Waals surface area contributed by atoms with Gasteiger partial charge in [-0.1, -0.05) is 11.6 Å². The lowest BCUT2D eigenvalue weighted by molar-refractivity contribution is 0.00917. The Hall–Kier alpha value is -0.670. The molecule has 1 aliphatic carbocycles. The van der Waals surface area contributed by atoms with Crippen LogP contribution >= 0.6 is 11.6 Å². The van der Waals surface area contributed by atoms with E-state index < -0.39 is 0 Å². The van der Waals surface area contributed by atoms with Crippen LogP contribution in [0.2, 0.25) is 5.15 Å². The van der Waals surface area contributed by atoms with Crippen molar-refractivity contribution in [1.29, 1.82) is 0 Å². The van der Waals surface area contributed by atoms with Gasteiger partial charge in [0.25, 0.3) is 0 Å². The van der Waals surface area contributed by atoms with Crippen molar-refractivity contribution in [2.45, 2.75) is 44.6 Å². The van der Waals surface area contributed by atoms with E-state index in [0.29, 0.717) is 5.15 Å². The molecule has 0 saturated carbocycles. The molecule has 0 aromatic carbocycles. The van der Waals surface area contributed by atoms with Gasteiger partial charge in [0.15, 0.2) is 5.82 Å². The highest BCUT2D eigenvalue weighted by molar-refractivity contribution is 6.30. The van der Waals surface area contributed by atoms with Crippen molar-refractivity contribution in [2.24, 2.45) is 0 Å². The molecule has 86 valence electrons. The van der Waals surface area contributed by atoms with Gasteiger partial charge in [-0.05, 0) is 39.0 Å². The third-order valence-corrected chi connectivity index (χ3v) is 3.89. The van der Waals surface area contributed by atoms with Gasteiger partial charge in [-0.3, -0.25) is 0 Å². The number of nitrogens with zero attached hydrogens (tertiary/aromatic N) is 2. The summed E-state index contributed by atoms with van der Waals surface area (Å²) in [6.07, 6.45) is 5.26. The molecule has 0 N–H and O–H groups in total. The molecule has 1 aromatic heterocycles. The Balaban J connectivity index is 2.05. The van der Waals surface area contributed by atoms with Crippen molar-refractivity contribution in [2.75, 3.05) is 6.61 Å². The Morgan fingerprint density at radius 3 is 2.88 bits per heavy atom. The molecule has 0 bridgehead atoms. The predicted octanol–water partition coefficient (Wildman–Crippen LogP) is 2.64. The number of halogens is 1. The van der Waals surface area contributed by atoms with Crippen molar-refractivity contribution < 1.29 is 4.74 Å². The van der Waals surface area contributed by atoms with E-state index in [2.05, 4.69) is 16.9 Å². The fraction of sp³-hybridized carbons (Fsp3) is 0.667. The van der Waals surface area contributed by atoms with Gasteiger partial charge in [0.2, 0.25) is 0 Å². The molecule has 2 aliphatic rings. The second kappa shape index (κ2) is 3.67. The number of ether oxygens (including phenoxy) is 1. The summed E-state index contributed by atoms with van der Waals surface area (Å²) in [5, 5.41) is 0.634. The van der Waals surface area contributed by atoms with E-state index in [0.717, 1.165) is 55.8 Å². The van der Waals surface area contributed by atoms with Crippen molar-refractivity contribution in [3.8, 4) is 0 Å². The van der Waals surface area contributed by atoms with E-state index in [9.17, 15) is 0 Å². The van der Waals surface area contributed by atoms with Crippen molar-refractivity contribution in [1.82, 2.24) is 9.97 Å². The minimum Gasteiger partial charge on any atom is -0.367 e. The smallest absolute Gasteiger partial charge is 0.161 e. The topological polar surface area (TPSA) is 35.0 Å². The largest absolute Gasteiger partial charge is 0.367 e. The zero-order valence-corrected chi connectivity index (χ0v) is 10.2. The van der Waals surface area contributed by atoms with Gasteiger partial charge in [-0.15, -0.1) is 0 Å².